The molecule has 0 aliphatic rings. The van der Waals surface area contributed by atoms with Crippen molar-refractivity contribution in [2.24, 2.45) is 0 Å². The predicted octanol–water partition coefficient (Wildman–Crippen LogP) is 3.46. The highest BCUT2D eigenvalue weighted by atomic mass is 19.2. The number of benzene rings is 1. The minimum absolute atomic E-state index is 0.165. The largest absolute Gasteiger partial charge is 0.368 e. The topological polar surface area (TPSA) is 49.8 Å². The van der Waals surface area contributed by atoms with E-state index in [1.54, 1.807) is 6.07 Å². The first-order valence-corrected chi connectivity index (χ1v) is 5.96. The van der Waals surface area contributed by atoms with Crippen LogP contribution in [0.15, 0.2) is 24.5 Å². The molecule has 2 aromatic rings. The molecule has 2 N–H and O–H groups in total. The first-order valence-electron chi connectivity index (χ1n) is 5.96. The zero-order valence-corrected chi connectivity index (χ0v) is 10.9. The maximum atomic E-state index is 13.5. The third-order valence-electron chi connectivity index (χ3n) is 2.40. The van der Waals surface area contributed by atoms with Crippen LogP contribution in [-0.4, -0.2) is 16.0 Å². The minimum atomic E-state index is -1.52. The highest BCUT2D eigenvalue weighted by Gasteiger charge is 2.13. The molecule has 0 atom stereocenters. The minimum Gasteiger partial charge on any atom is -0.368 e. The Hall–Kier alpha value is -2.31. The van der Waals surface area contributed by atoms with E-state index in [2.05, 4.69) is 20.6 Å². The Kier molecular flexibility index (Phi) is 4.07. The molecule has 0 spiro atoms. The van der Waals surface area contributed by atoms with E-state index in [1.807, 2.05) is 13.8 Å². The Labute approximate surface area is 114 Å². The van der Waals surface area contributed by atoms with Crippen molar-refractivity contribution in [2.45, 2.75) is 19.9 Å². The zero-order valence-electron chi connectivity index (χ0n) is 10.9. The second kappa shape index (κ2) is 5.77. The van der Waals surface area contributed by atoms with E-state index in [4.69, 9.17) is 0 Å². The molecule has 1 aromatic carbocycles. The zero-order chi connectivity index (χ0) is 14.7. The number of nitrogens with one attached hydrogen (secondary N) is 2. The molecule has 0 aliphatic carbocycles. The summed E-state index contributed by atoms with van der Waals surface area (Å²) in [6.07, 6.45) is 1.28. The van der Waals surface area contributed by atoms with Gasteiger partial charge in [0.1, 0.15) is 18.0 Å². The fourth-order valence-corrected chi connectivity index (χ4v) is 1.56. The summed E-state index contributed by atoms with van der Waals surface area (Å²) in [6, 6.07) is 3.65. The number of anilines is 3. The van der Waals surface area contributed by atoms with Gasteiger partial charge >= 0.3 is 0 Å². The van der Waals surface area contributed by atoms with Gasteiger partial charge in [0.05, 0.1) is 5.69 Å². The van der Waals surface area contributed by atoms with Crippen molar-refractivity contribution < 1.29 is 13.2 Å². The Balaban J connectivity index is 2.24. The first-order chi connectivity index (χ1) is 9.47. The standard InChI is InChI=1S/C13H13F3N4/c1-7(2)19-10-5-11(18-6-17-10)20-9-4-3-8(14)12(15)13(9)16/h3-7H,1-2H3,(H2,17,18,19,20). The van der Waals surface area contributed by atoms with Crippen LogP contribution in [0, 0.1) is 17.5 Å². The van der Waals surface area contributed by atoms with E-state index in [0.29, 0.717) is 5.82 Å². The number of rotatable bonds is 4. The van der Waals surface area contributed by atoms with Crippen LogP contribution in [0.5, 0.6) is 0 Å². The van der Waals surface area contributed by atoms with Crippen LogP contribution < -0.4 is 10.6 Å². The molecule has 20 heavy (non-hydrogen) atoms. The monoisotopic (exact) mass is 282 g/mol. The van der Waals surface area contributed by atoms with E-state index >= 15 is 0 Å². The van der Waals surface area contributed by atoms with Gasteiger partial charge < -0.3 is 10.6 Å². The summed E-state index contributed by atoms with van der Waals surface area (Å²) in [7, 11) is 0. The molecule has 0 unspecified atom stereocenters. The van der Waals surface area contributed by atoms with E-state index in [1.165, 1.54) is 6.33 Å². The lowest BCUT2D eigenvalue weighted by Gasteiger charge is -2.11. The summed E-state index contributed by atoms with van der Waals surface area (Å²) in [5, 5.41) is 5.63. The molecule has 0 fully saturated rings. The van der Waals surface area contributed by atoms with E-state index in [9.17, 15) is 13.2 Å². The van der Waals surface area contributed by atoms with E-state index in [-0.39, 0.29) is 17.5 Å². The van der Waals surface area contributed by atoms with Crippen LogP contribution in [0.2, 0.25) is 0 Å². The molecule has 1 aromatic heterocycles. The average molecular weight is 282 g/mol. The first kappa shape index (κ1) is 14.1. The van der Waals surface area contributed by atoms with Crippen LogP contribution in [-0.2, 0) is 0 Å². The molecule has 0 saturated heterocycles. The number of aromatic nitrogens is 2. The van der Waals surface area contributed by atoms with Crippen molar-refractivity contribution in [2.75, 3.05) is 10.6 Å². The lowest BCUT2D eigenvalue weighted by molar-refractivity contribution is 0.449. The summed E-state index contributed by atoms with van der Waals surface area (Å²) in [5.74, 6) is -3.24. The van der Waals surface area contributed by atoms with Gasteiger partial charge in [0.2, 0.25) is 0 Å². The third-order valence-corrected chi connectivity index (χ3v) is 2.40. The molecule has 2 rings (SSSR count). The second-order valence-electron chi connectivity index (χ2n) is 4.44. The molecule has 0 saturated carbocycles. The van der Waals surface area contributed by atoms with Gasteiger partial charge in [0.25, 0.3) is 0 Å². The van der Waals surface area contributed by atoms with Crippen LogP contribution >= 0.6 is 0 Å². The van der Waals surface area contributed by atoms with E-state index in [0.717, 1.165) is 12.1 Å². The fraction of sp³-hybridized carbons (Fsp3) is 0.231. The van der Waals surface area contributed by atoms with Gasteiger partial charge in [-0.15, -0.1) is 0 Å². The maximum Gasteiger partial charge on any atom is 0.196 e. The summed E-state index contributed by atoms with van der Waals surface area (Å²) in [4.78, 5) is 7.88. The molecule has 0 radical (unpaired) electrons. The van der Waals surface area contributed by atoms with Crippen molar-refractivity contribution in [1.82, 2.24) is 9.97 Å². The molecule has 106 valence electrons. The smallest absolute Gasteiger partial charge is 0.196 e. The van der Waals surface area contributed by atoms with Crippen LogP contribution in [0.3, 0.4) is 0 Å². The Morgan fingerprint density at radius 2 is 1.70 bits per heavy atom. The Bertz CT molecular complexity index is 617. The van der Waals surface area contributed by atoms with E-state index < -0.39 is 17.5 Å². The summed E-state index contributed by atoms with van der Waals surface area (Å²) >= 11 is 0. The SMILES string of the molecule is CC(C)Nc1cc(Nc2ccc(F)c(F)c2F)ncn1. The summed E-state index contributed by atoms with van der Waals surface area (Å²) in [6.45, 7) is 3.87. The number of hydrogen-bond donors (Lipinski definition) is 2. The lowest BCUT2D eigenvalue weighted by atomic mass is 10.2. The van der Waals surface area contributed by atoms with Gasteiger partial charge in [0, 0.05) is 12.1 Å². The Morgan fingerprint density at radius 1 is 1.00 bits per heavy atom. The highest BCUT2D eigenvalue weighted by Crippen LogP contribution is 2.23. The van der Waals surface area contributed by atoms with Gasteiger partial charge in [-0.3, -0.25) is 0 Å². The van der Waals surface area contributed by atoms with Crippen molar-refractivity contribution >= 4 is 17.3 Å². The summed E-state index contributed by atoms with van der Waals surface area (Å²) in [5.41, 5.74) is -0.196. The van der Waals surface area contributed by atoms with Crippen molar-refractivity contribution in [3.8, 4) is 0 Å². The number of nitrogens with zero attached hydrogens (tertiary/aromatic N) is 2. The van der Waals surface area contributed by atoms with Gasteiger partial charge in [0.15, 0.2) is 17.5 Å². The van der Waals surface area contributed by atoms with Gasteiger partial charge in [-0.05, 0) is 26.0 Å². The molecular formula is C13H13F3N4. The molecule has 1 heterocycles. The van der Waals surface area contributed by atoms with Crippen LogP contribution in [0.25, 0.3) is 0 Å². The normalized spacial score (nSPS) is 10.7. The average Bonchev–Trinajstić information content (AvgIpc) is 2.39. The lowest BCUT2D eigenvalue weighted by Crippen LogP contribution is -2.11. The number of hydrogen-bond acceptors (Lipinski definition) is 4. The van der Waals surface area contributed by atoms with Crippen LogP contribution in [0.1, 0.15) is 13.8 Å². The molecule has 0 aliphatic heterocycles. The van der Waals surface area contributed by atoms with Gasteiger partial charge in [-0.2, -0.15) is 0 Å². The third kappa shape index (κ3) is 3.17. The number of halogens is 3. The molecule has 0 amide bonds. The molecule has 4 nitrogen and oxygen atoms in total. The fourth-order valence-electron chi connectivity index (χ4n) is 1.56. The summed E-state index contributed by atoms with van der Waals surface area (Å²) < 4.78 is 39.5. The van der Waals surface area contributed by atoms with Crippen molar-refractivity contribution in [3.05, 3.63) is 42.0 Å². The van der Waals surface area contributed by atoms with Crippen molar-refractivity contribution in [1.29, 1.82) is 0 Å². The Morgan fingerprint density at radius 3 is 2.40 bits per heavy atom. The molecule has 7 heteroatoms. The van der Waals surface area contributed by atoms with Crippen molar-refractivity contribution in [3.63, 3.8) is 0 Å². The second-order valence-corrected chi connectivity index (χ2v) is 4.44. The van der Waals surface area contributed by atoms with Gasteiger partial charge in [-0.25, -0.2) is 23.1 Å². The van der Waals surface area contributed by atoms with Gasteiger partial charge in [-0.1, -0.05) is 0 Å². The molecule has 0 bridgehead atoms. The quantitative estimate of drug-likeness (QED) is 0.843. The predicted molar refractivity (Wildman–Crippen MR) is 70.4 cm³/mol. The molecular weight excluding hydrogens is 269 g/mol. The maximum absolute atomic E-state index is 13.5. The van der Waals surface area contributed by atoms with Crippen LogP contribution in [0.4, 0.5) is 30.5 Å². The highest BCUT2D eigenvalue weighted by molar-refractivity contribution is 5.59.